The molecule has 0 spiro atoms. The van der Waals surface area contributed by atoms with Crippen LogP contribution in [0.2, 0.25) is 15.1 Å². The summed E-state index contributed by atoms with van der Waals surface area (Å²) in [5.74, 6) is -0.252. The van der Waals surface area contributed by atoms with E-state index in [9.17, 15) is 4.79 Å². The van der Waals surface area contributed by atoms with Gasteiger partial charge in [-0.3, -0.25) is 4.79 Å². The molecule has 0 saturated heterocycles. The van der Waals surface area contributed by atoms with Gasteiger partial charge in [-0.25, -0.2) is 9.13 Å². The van der Waals surface area contributed by atoms with E-state index in [1.54, 1.807) is 6.20 Å². The molecule has 0 radical (unpaired) electrons. The van der Waals surface area contributed by atoms with E-state index in [1.807, 2.05) is 39.7 Å². The van der Waals surface area contributed by atoms with Gasteiger partial charge in [0, 0.05) is 5.02 Å². The van der Waals surface area contributed by atoms with Crippen molar-refractivity contribution in [3.05, 3.63) is 64.4 Å². The van der Waals surface area contributed by atoms with Crippen molar-refractivity contribution in [2.75, 3.05) is 5.32 Å². The zero-order valence-corrected chi connectivity index (χ0v) is 14.7. The Balaban J connectivity index is 1.87. The lowest BCUT2D eigenvalue weighted by atomic mass is 10.3. The fourth-order valence-corrected chi connectivity index (χ4v) is 3.38. The number of hydrogen-bond donors (Lipinski definition) is 1. The van der Waals surface area contributed by atoms with E-state index in [1.165, 1.54) is 12.1 Å². The van der Waals surface area contributed by atoms with Crippen LogP contribution in [0.5, 0.6) is 0 Å². The number of anilines is 1. The molecule has 0 aliphatic heterocycles. The molecule has 1 aromatic heterocycles. The van der Waals surface area contributed by atoms with Gasteiger partial charge in [-0.05, 0) is 24.3 Å². The van der Waals surface area contributed by atoms with Gasteiger partial charge >= 0.3 is 0 Å². The van der Waals surface area contributed by atoms with E-state index >= 15 is 0 Å². The fraction of sp³-hybridized carbons (Fsp3) is 0.0588. The van der Waals surface area contributed by atoms with E-state index in [4.69, 9.17) is 34.8 Å². The van der Waals surface area contributed by atoms with Gasteiger partial charge in [0.2, 0.25) is 6.33 Å². The lowest BCUT2D eigenvalue weighted by molar-refractivity contribution is -0.658. The lowest BCUT2D eigenvalue weighted by Gasteiger charge is -2.09. The van der Waals surface area contributed by atoms with Crippen molar-refractivity contribution >= 4 is 63.6 Å². The minimum absolute atomic E-state index is 0.108. The summed E-state index contributed by atoms with van der Waals surface area (Å²) >= 11 is 18.1. The van der Waals surface area contributed by atoms with E-state index in [2.05, 4.69) is 11.9 Å². The number of hydrogen-bond acceptors (Lipinski definition) is 1. The quantitative estimate of drug-likeness (QED) is 0.658. The minimum Gasteiger partial charge on any atom is -0.320 e. The van der Waals surface area contributed by atoms with Crippen molar-refractivity contribution in [1.29, 1.82) is 0 Å². The molecular weight excluding hydrogens is 369 g/mol. The van der Waals surface area contributed by atoms with Crippen LogP contribution >= 0.6 is 34.8 Å². The SMILES string of the molecule is C=Cn1c[n+](CC(=O)Nc2c(Cl)cc(Cl)cc2Cl)c2ccccc21. The van der Waals surface area contributed by atoms with Crippen molar-refractivity contribution in [3.63, 3.8) is 0 Å². The van der Waals surface area contributed by atoms with Crippen molar-refractivity contribution in [2.24, 2.45) is 0 Å². The predicted molar refractivity (Wildman–Crippen MR) is 98.6 cm³/mol. The Morgan fingerprint density at radius 2 is 1.88 bits per heavy atom. The number of aromatic nitrogens is 2. The van der Waals surface area contributed by atoms with Crippen LogP contribution in [0.4, 0.5) is 5.69 Å². The Hall–Kier alpha value is -2.01. The topological polar surface area (TPSA) is 37.9 Å². The number of benzene rings is 2. The van der Waals surface area contributed by atoms with Gasteiger partial charge in [-0.2, -0.15) is 0 Å². The third-order valence-corrected chi connectivity index (χ3v) is 4.33. The Morgan fingerprint density at radius 1 is 1.21 bits per heavy atom. The molecule has 0 atom stereocenters. The highest BCUT2D eigenvalue weighted by Crippen LogP contribution is 2.33. The molecule has 122 valence electrons. The fourth-order valence-electron chi connectivity index (χ4n) is 2.47. The van der Waals surface area contributed by atoms with E-state index in [-0.39, 0.29) is 12.5 Å². The molecule has 0 unspecified atom stereocenters. The number of carbonyl (C=O) groups excluding carboxylic acids is 1. The summed E-state index contributed by atoms with van der Waals surface area (Å²) in [6.45, 7) is 3.88. The van der Waals surface area contributed by atoms with Gasteiger partial charge in [0.25, 0.3) is 5.91 Å². The van der Waals surface area contributed by atoms with E-state index < -0.39 is 0 Å². The average molecular weight is 382 g/mol. The smallest absolute Gasteiger partial charge is 0.266 e. The third kappa shape index (κ3) is 3.26. The molecule has 3 rings (SSSR count). The van der Waals surface area contributed by atoms with Crippen molar-refractivity contribution in [3.8, 4) is 0 Å². The maximum Gasteiger partial charge on any atom is 0.266 e. The van der Waals surface area contributed by atoms with Gasteiger partial charge in [-0.1, -0.05) is 53.5 Å². The maximum atomic E-state index is 12.4. The highest BCUT2D eigenvalue weighted by molar-refractivity contribution is 6.42. The van der Waals surface area contributed by atoms with Gasteiger partial charge in [-0.15, -0.1) is 0 Å². The Bertz CT molecular complexity index is 926. The number of carbonyl (C=O) groups is 1. The number of fused-ring (bicyclic) bond motifs is 1. The summed E-state index contributed by atoms with van der Waals surface area (Å²) in [6.07, 6.45) is 3.49. The van der Waals surface area contributed by atoms with Crippen molar-refractivity contribution in [2.45, 2.75) is 6.54 Å². The molecule has 0 bridgehead atoms. The van der Waals surface area contributed by atoms with Crippen LogP contribution in [0.15, 0.2) is 49.3 Å². The van der Waals surface area contributed by atoms with Crippen molar-refractivity contribution in [1.82, 2.24) is 4.57 Å². The van der Waals surface area contributed by atoms with E-state index in [0.717, 1.165) is 11.0 Å². The highest BCUT2D eigenvalue weighted by Gasteiger charge is 2.18. The molecule has 0 aliphatic rings. The largest absolute Gasteiger partial charge is 0.320 e. The second-order valence-electron chi connectivity index (χ2n) is 5.11. The molecule has 1 amide bonds. The Morgan fingerprint density at radius 3 is 2.54 bits per heavy atom. The molecule has 24 heavy (non-hydrogen) atoms. The number of nitrogens with zero attached hydrogens (tertiary/aromatic N) is 2. The third-order valence-electron chi connectivity index (χ3n) is 3.52. The van der Waals surface area contributed by atoms with Gasteiger partial charge in [0.1, 0.15) is 0 Å². The summed E-state index contributed by atoms with van der Waals surface area (Å²) < 4.78 is 3.68. The molecule has 0 fully saturated rings. The normalized spacial score (nSPS) is 10.8. The van der Waals surface area contributed by atoms with Gasteiger partial charge in [0.15, 0.2) is 17.6 Å². The molecular formula is C17H13Cl3N3O+. The number of amides is 1. The van der Waals surface area contributed by atoms with Crippen LogP contribution < -0.4 is 9.88 Å². The zero-order valence-electron chi connectivity index (χ0n) is 12.5. The average Bonchev–Trinajstić information content (AvgIpc) is 2.89. The summed E-state index contributed by atoms with van der Waals surface area (Å²) in [7, 11) is 0. The molecule has 1 N–H and O–H groups in total. The van der Waals surface area contributed by atoms with Crippen LogP contribution in [0, 0.1) is 0 Å². The minimum atomic E-state index is -0.252. The number of para-hydroxylation sites is 2. The number of nitrogens with one attached hydrogen (secondary N) is 1. The van der Waals surface area contributed by atoms with E-state index in [0.29, 0.717) is 20.8 Å². The summed E-state index contributed by atoms with van der Waals surface area (Å²) in [5, 5.41) is 3.72. The van der Waals surface area contributed by atoms with Gasteiger partial charge in [0.05, 0.1) is 21.9 Å². The highest BCUT2D eigenvalue weighted by atomic mass is 35.5. The zero-order chi connectivity index (χ0) is 17.3. The Labute approximate surface area is 153 Å². The van der Waals surface area contributed by atoms with Crippen LogP contribution in [0.25, 0.3) is 17.2 Å². The number of halogens is 3. The van der Waals surface area contributed by atoms with Gasteiger partial charge < -0.3 is 5.32 Å². The summed E-state index contributed by atoms with van der Waals surface area (Å²) in [6, 6.07) is 10.8. The standard InChI is InChI=1S/C17H12Cl3N3O/c1-2-22-10-23(15-6-4-3-5-14(15)22)9-16(24)21-17-12(19)7-11(18)8-13(17)20/h2-8,10H,1,9H2/p+1. The second-order valence-corrected chi connectivity index (χ2v) is 6.37. The Kier molecular flexibility index (Phi) is 4.81. The molecule has 3 aromatic rings. The van der Waals surface area contributed by atoms with Crippen LogP contribution in [0.1, 0.15) is 0 Å². The molecule has 2 aromatic carbocycles. The monoisotopic (exact) mass is 380 g/mol. The second kappa shape index (κ2) is 6.85. The number of rotatable bonds is 4. The van der Waals surface area contributed by atoms with Crippen molar-refractivity contribution < 1.29 is 9.36 Å². The molecule has 1 heterocycles. The lowest BCUT2D eigenvalue weighted by Crippen LogP contribution is -2.39. The summed E-state index contributed by atoms with van der Waals surface area (Å²) in [4.78, 5) is 12.4. The first-order chi connectivity index (χ1) is 11.5. The first kappa shape index (κ1) is 16.8. The first-order valence-electron chi connectivity index (χ1n) is 7.05. The molecule has 0 aliphatic carbocycles. The molecule has 7 heteroatoms. The predicted octanol–water partition coefficient (Wildman–Crippen LogP) is 4.63. The van der Waals surface area contributed by atoms with Crippen LogP contribution in [-0.2, 0) is 11.3 Å². The molecule has 4 nitrogen and oxygen atoms in total. The molecule has 0 saturated carbocycles. The maximum absolute atomic E-state index is 12.4. The van der Waals surface area contributed by atoms with Crippen LogP contribution in [0.3, 0.4) is 0 Å². The van der Waals surface area contributed by atoms with Crippen LogP contribution in [-0.4, -0.2) is 10.5 Å². The summed E-state index contributed by atoms with van der Waals surface area (Å²) in [5.41, 5.74) is 2.23. The first-order valence-corrected chi connectivity index (χ1v) is 8.19. The number of imidazole rings is 1.